The highest BCUT2D eigenvalue weighted by atomic mass is 16.5. The van der Waals surface area contributed by atoms with Gasteiger partial charge in [-0.3, -0.25) is 4.79 Å². The van der Waals surface area contributed by atoms with Crippen LogP contribution in [0.3, 0.4) is 0 Å². The Morgan fingerprint density at radius 1 is 1.29 bits per heavy atom. The number of carbonyl (C=O) groups excluding carboxylic acids is 1. The summed E-state index contributed by atoms with van der Waals surface area (Å²) in [6.45, 7) is 3.15. The number of fused-ring (bicyclic) bond motifs is 2. The molecule has 0 fully saturated rings. The first-order valence-electron chi connectivity index (χ1n) is 9.63. The fourth-order valence-electron chi connectivity index (χ4n) is 4.11. The molecule has 28 heavy (non-hydrogen) atoms. The molecule has 0 saturated heterocycles. The number of nitrogens with zero attached hydrogens (tertiary/aromatic N) is 3. The molecule has 1 aliphatic heterocycles. The van der Waals surface area contributed by atoms with Crippen molar-refractivity contribution in [3.05, 3.63) is 59.4 Å². The van der Waals surface area contributed by atoms with Gasteiger partial charge < -0.3 is 19.3 Å². The number of benzene rings is 2. The number of methoxy groups -OCH3 is 1. The topological polar surface area (TPSA) is 67.6 Å². The second kappa shape index (κ2) is 7.64. The van der Waals surface area contributed by atoms with Gasteiger partial charge in [-0.25, -0.2) is 4.98 Å². The standard InChI is InChI=1S/C22H25N3O3/c1-15-18-13-17(28-2)8-7-16(18)9-11-24(15)22(27)10-12-25-20-6-4-3-5-19(20)23-21(25)14-26/h3-8,13,15,26H,9-12,14H2,1-2H3/t15-/m1/s1. The summed E-state index contributed by atoms with van der Waals surface area (Å²) in [4.78, 5) is 19.4. The van der Waals surface area contributed by atoms with E-state index in [0.29, 0.717) is 18.8 Å². The van der Waals surface area contributed by atoms with E-state index < -0.39 is 0 Å². The van der Waals surface area contributed by atoms with Gasteiger partial charge >= 0.3 is 0 Å². The first kappa shape index (κ1) is 18.5. The van der Waals surface area contributed by atoms with E-state index in [0.717, 1.165) is 35.3 Å². The number of aryl methyl sites for hydroxylation is 1. The van der Waals surface area contributed by atoms with Crippen molar-refractivity contribution in [2.75, 3.05) is 13.7 Å². The number of hydrogen-bond donors (Lipinski definition) is 1. The highest BCUT2D eigenvalue weighted by Crippen LogP contribution is 2.32. The van der Waals surface area contributed by atoms with Crippen LogP contribution < -0.4 is 4.74 Å². The second-order valence-electron chi connectivity index (χ2n) is 7.15. The Morgan fingerprint density at radius 3 is 2.89 bits per heavy atom. The average Bonchev–Trinajstić information content (AvgIpc) is 3.10. The second-order valence-corrected chi connectivity index (χ2v) is 7.15. The molecule has 1 atom stereocenters. The summed E-state index contributed by atoms with van der Waals surface area (Å²) in [5, 5.41) is 9.64. The molecule has 1 aliphatic rings. The predicted octanol–water partition coefficient (Wildman–Crippen LogP) is 3.07. The van der Waals surface area contributed by atoms with Crippen LogP contribution in [-0.4, -0.2) is 39.1 Å². The molecular formula is C22H25N3O3. The van der Waals surface area contributed by atoms with Gasteiger partial charge in [0.15, 0.2) is 0 Å². The monoisotopic (exact) mass is 379 g/mol. The molecule has 3 aromatic rings. The molecule has 6 heteroatoms. The van der Waals surface area contributed by atoms with Gasteiger partial charge in [-0.2, -0.15) is 0 Å². The number of amides is 1. The van der Waals surface area contributed by atoms with Crippen LogP contribution in [0.4, 0.5) is 0 Å². The van der Waals surface area contributed by atoms with E-state index in [4.69, 9.17) is 4.74 Å². The van der Waals surface area contributed by atoms with E-state index >= 15 is 0 Å². The molecule has 4 rings (SSSR count). The molecule has 1 amide bonds. The van der Waals surface area contributed by atoms with E-state index in [2.05, 4.69) is 18.0 Å². The molecule has 0 unspecified atom stereocenters. The van der Waals surface area contributed by atoms with Crippen molar-refractivity contribution < 1.29 is 14.6 Å². The van der Waals surface area contributed by atoms with Crippen molar-refractivity contribution in [1.82, 2.24) is 14.5 Å². The summed E-state index contributed by atoms with van der Waals surface area (Å²) in [5.41, 5.74) is 4.22. The first-order valence-corrected chi connectivity index (χ1v) is 9.63. The van der Waals surface area contributed by atoms with E-state index in [1.807, 2.05) is 45.9 Å². The van der Waals surface area contributed by atoms with E-state index in [1.54, 1.807) is 7.11 Å². The number of aromatic nitrogens is 2. The number of imidazole rings is 1. The number of para-hydroxylation sites is 2. The van der Waals surface area contributed by atoms with Crippen LogP contribution in [0, 0.1) is 0 Å². The quantitative estimate of drug-likeness (QED) is 0.740. The molecule has 1 N–H and O–H groups in total. The Labute approximate surface area is 164 Å². The lowest BCUT2D eigenvalue weighted by Gasteiger charge is -2.35. The molecule has 146 valence electrons. The summed E-state index contributed by atoms with van der Waals surface area (Å²) in [6, 6.07) is 13.9. The van der Waals surface area contributed by atoms with Crippen molar-refractivity contribution >= 4 is 16.9 Å². The van der Waals surface area contributed by atoms with Crippen molar-refractivity contribution in [2.24, 2.45) is 0 Å². The number of ether oxygens (including phenoxy) is 1. The van der Waals surface area contributed by atoms with Gasteiger partial charge in [0.1, 0.15) is 18.2 Å². The summed E-state index contributed by atoms with van der Waals surface area (Å²) >= 11 is 0. The van der Waals surface area contributed by atoms with Gasteiger partial charge in [0.05, 0.1) is 24.2 Å². The van der Waals surface area contributed by atoms with Crippen LogP contribution in [0.1, 0.15) is 36.3 Å². The van der Waals surface area contributed by atoms with Crippen LogP contribution in [0.2, 0.25) is 0 Å². The lowest BCUT2D eigenvalue weighted by Crippen LogP contribution is -2.39. The summed E-state index contributed by atoms with van der Waals surface area (Å²) in [5.74, 6) is 1.52. The fourth-order valence-corrected chi connectivity index (χ4v) is 4.11. The third-order valence-electron chi connectivity index (χ3n) is 5.64. The van der Waals surface area contributed by atoms with E-state index in [-0.39, 0.29) is 18.6 Å². The van der Waals surface area contributed by atoms with E-state index in [9.17, 15) is 9.90 Å². The largest absolute Gasteiger partial charge is 0.497 e. The number of carbonyl (C=O) groups is 1. The lowest BCUT2D eigenvalue weighted by atomic mass is 9.93. The van der Waals surface area contributed by atoms with Crippen LogP contribution in [0.15, 0.2) is 42.5 Å². The minimum absolute atomic E-state index is 0.0168. The summed E-state index contributed by atoms with van der Waals surface area (Å²) in [7, 11) is 1.66. The third-order valence-corrected chi connectivity index (χ3v) is 5.64. The van der Waals surface area contributed by atoms with Gasteiger partial charge in [0.2, 0.25) is 5.91 Å². The molecule has 6 nitrogen and oxygen atoms in total. The van der Waals surface area contributed by atoms with Crippen molar-refractivity contribution in [1.29, 1.82) is 0 Å². The van der Waals surface area contributed by atoms with Crippen LogP contribution in [-0.2, 0) is 24.4 Å². The average molecular weight is 379 g/mol. The van der Waals surface area contributed by atoms with Gasteiger partial charge in [0.25, 0.3) is 0 Å². The van der Waals surface area contributed by atoms with Crippen LogP contribution >= 0.6 is 0 Å². The first-order chi connectivity index (χ1) is 13.6. The number of aliphatic hydroxyl groups excluding tert-OH is 1. The van der Waals surface area contributed by atoms with Crippen molar-refractivity contribution in [3.63, 3.8) is 0 Å². The molecule has 0 bridgehead atoms. The molecule has 2 heterocycles. The molecule has 0 saturated carbocycles. The zero-order valence-corrected chi connectivity index (χ0v) is 16.3. The highest BCUT2D eigenvalue weighted by Gasteiger charge is 2.28. The molecule has 0 spiro atoms. The Hall–Kier alpha value is -2.86. The smallest absolute Gasteiger partial charge is 0.224 e. The van der Waals surface area contributed by atoms with Gasteiger partial charge in [-0.05, 0) is 48.7 Å². The maximum Gasteiger partial charge on any atom is 0.224 e. The normalized spacial score (nSPS) is 16.2. The molecule has 2 aromatic carbocycles. The van der Waals surface area contributed by atoms with Gasteiger partial charge in [-0.1, -0.05) is 18.2 Å². The Bertz CT molecular complexity index is 1010. The summed E-state index contributed by atoms with van der Waals surface area (Å²) < 4.78 is 7.29. The van der Waals surface area contributed by atoms with Gasteiger partial charge in [-0.15, -0.1) is 0 Å². The Balaban J connectivity index is 1.52. The number of hydrogen-bond acceptors (Lipinski definition) is 4. The van der Waals surface area contributed by atoms with Crippen molar-refractivity contribution in [2.45, 2.75) is 39.0 Å². The predicted molar refractivity (Wildman–Crippen MR) is 107 cm³/mol. The molecule has 1 aromatic heterocycles. The lowest BCUT2D eigenvalue weighted by molar-refractivity contribution is -0.134. The van der Waals surface area contributed by atoms with Crippen LogP contribution in [0.25, 0.3) is 11.0 Å². The number of aliphatic hydroxyl groups is 1. The third kappa shape index (κ3) is 3.24. The maximum atomic E-state index is 13.0. The molecule has 0 radical (unpaired) electrons. The van der Waals surface area contributed by atoms with Crippen LogP contribution in [0.5, 0.6) is 5.75 Å². The van der Waals surface area contributed by atoms with Crippen molar-refractivity contribution in [3.8, 4) is 5.75 Å². The Morgan fingerprint density at radius 2 is 2.11 bits per heavy atom. The maximum absolute atomic E-state index is 13.0. The fraction of sp³-hybridized carbons (Fsp3) is 0.364. The zero-order chi connectivity index (χ0) is 19.7. The Kier molecular flexibility index (Phi) is 5.05. The molecule has 0 aliphatic carbocycles. The molecular weight excluding hydrogens is 354 g/mol. The zero-order valence-electron chi connectivity index (χ0n) is 16.3. The summed E-state index contributed by atoms with van der Waals surface area (Å²) in [6.07, 6.45) is 1.22. The minimum atomic E-state index is -0.143. The van der Waals surface area contributed by atoms with E-state index in [1.165, 1.54) is 5.56 Å². The highest BCUT2D eigenvalue weighted by molar-refractivity contribution is 5.78. The SMILES string of the molecule is COc1ccc2c(c1)[C@@H](C)N(C(=O)CCn1c(CO)nc3ccccc31)CC2. The van der Waals surface area contributed by atoms with Gasteiger partial charge in [0, 0.05) is 19.5 Å². The minimum Gasteiger partial charge on any atom is -0.497 e. The number of rotatable bonds is 5.